The van der Waals surface area contributed by atoms with E-state index in [0.717, 1.165) is 40.8 Å². The van der Waals surface area contributed by atoms with E-state index >= 15 is 0 Å². The van der Waals surface area contributed by atoms with Gasteiger partial charge in [0, 0.05) is 17.9 Å². The molecule has 9 heteroatoms. The molecule has 0 saturated heterocycles. The maximum Gasteiger partial charge on any atom is 0.416 e. The van der Waals surface area contributed by atoms with Crippen LogP contribution in [0.25, 0.3) is 0 Å². The largest absolute Gasteiger partial charge is 0.416 e. The first-order valence-corrected chi connectivity index (χ1v) is 11.8. The highest BCUT2D eigenvalue weighted by Gasteiger charge is 2.29. The number of amides is 1. The fourth-order valence-electron chi connectivity index (χ4n) is 3.38. The lowest BCUT2D eigenvalue weighted by Crippen LogP contribution is -2.42. The van der Waals surface area contributed by atoms with Crippen molar-refractivity contribution >= 4 is 17.9 Å². The number of halogens is 5. The van der Waals surface area contributed by atoms with E-state index in [1.54, 1.807) is 12.1 Å². The Labute approximate surface area is 205 Å². The first-order valence-electron chi connectivity index (χ1n) is 10.9. The number of carbonyl (C=O) groups is 1. The lowest BCUT2D eigenvalue weighted by molar-refractivity contribution is -0.137. The topological polar surface area (TPSA) is 41.1 Å². The van der Waals surface area contributed by atoms with Crippen LogP contribution in [0, 0.1) is 5.82 Å². The van der Waals surface area contributed by atoms with Gasteiger partial charge in [-0.2, -0.15) is 13.2 Å². The second-order valence-electron chi connectivity index (χ2n) is 8.15. The lowest BCUT2D eigenvalue weighted by atomic mass is 10.0. The zero-order valence-electron chi connectivity index (χ0n) is 18.9. The molecular formula is C26H25F5N2OS. The Kier molecular flexibility index (Phi) is 9.28. The molecule has 0 aromatic heterocycles. The van der Waals surface area contributed by atoms with Crippen LogP contribution in [-0.4, -0.2) is 18.1 Å². The van der Waals surface area contributed by atoms with Gasteiger partial charge in [0.05, 0.1) is 17.8 Å². The van der Waals surface area contributed by atoms with Crippen molar-refractivity contribution < 1.29 is 26.7 Å². The molecule has 0 aliphatic carbocycles. The van der Waals surface area contributed by atoms with Gasteiger partial charge in [0.1, 0.15) is 5.82 Å². The Morgan fingerprint density at radius 1 is 0.943 bits per heavy atom. The molecule has 2 atom stereocenters. The van der Waals surface area contributed by atoms with Gasteiger partial charge in [-0.1, -0.05) is 36.4 Å². The molecule has 3 rings (SSSR count). The van der Waals surface area contributed by atoms with Crippen LogP contribution in [0.4, 0.5) is 22.0 Å². The molecule has 0 heterocycles. The number of hydrogen-bond donors (Lipinski definition) is 2. The van der Waals surface area contributed by atoms with Crippen molar-refractivity contribution in [1.82, 2.24) is 10.0 Å². The van der Waals surface area contributed by atoms with Gasteiger partial charge in [0.15, 0.2) is 0 Å². The van der Waals surface area contributed by atoms with Gasteiger partial charge in [-0.05, 0) is 78.4 Å². The summed E-state index contributed by atoms with van der Waals surface area (Å²) < 4.78 is 67.9. The molecule has 1 amide bonds. The van der Waals surface area contributed by atoms with E-state index in [-0.39, 0.29) is 24.7 Å². The fraction of sp³-hybridized carbons (Fsp3) is 0.269. The SMILES string of the molecule is CC(F)CC(NSc1ccc(F)cc1)C(=O)NCc1cccc(Cc2ccc(C(F)(F)F)cc2)c1. The zero-order chi connectivity index (χ0) is 25.4. The summed E-state index contributed by atoms with van der Waals surface area (Å²) >= 11 is 1.12. The van der Waals surface area contributed by atoms with E-state index in [1.165, 1.54) is 31.2 Å². The Hall–Kier alpha value is -2.91. The number of nitrogens with one attached hydrogen (secondary N) is 2. The van der Waals surface area contributed by atoms with Crippen molar-refractivity contribution in [2.45, 2.75) is 49.6 Å². The van der Waals surface area contributed by atoms with Gasteiger partial charge in [-0.3, -0.25) is 4.79 Å². The molecule has 0 radical (unpaired) electrons. The molecular weight excluding hydrogens is 483 g/mol. The standard InChI is InChI=1S/C26H25F5N2OS/c1-17(27)13-24(33-35-23-11-9-22(28)10-12-23)25(34)32-16-20-4-2-3-19(15-20)14-18-5-7-21(8-6-18)26(29,30)31/h2-12,15,17,24,33H,13-14,16H2,1H3,(H,32,34). The van der Waals surface area contributed by atoms with Crippen molar-refractivity contribution in [3.8, 4) is 0 Å². The molecule has 3 aromatic rings. The summed E-state index contributed by atoms with van der Waals surface area (Å²) in [7, 11) is 0. The molecule has 0 saturated carbocycles. The first kappa shape index (κ1) is 26.7. The zero-order valence-corrected chi connectivity index (χ0v) is 19.7. The summed E-state index contributed by atoms with van der Waals surface area (Å²) in [5.74, 6) is -0.751. The van der Waals surface area contributed by atoms with Crippen LogP contribution in [0.1, 0.15) is 35.6 Å². The highest BCUT2D eigenvalue weighted by Crippen LogP contribution is 2.29. The van der Waals surface area contributed by atoms with Gasteiger partial charge >= 0.3 is 6.18 Å². The van der Waals surface area contributed by atoms with Crippen molar-refractivity contribution in [3.05, 3.63) is 101 Å². The minimum absolute atomic E-state index is 0.0337. The summed E-state index contributed by atoms with van der Waals surface area (Å²) in [4.78, 5) is 13.4. The molecule has 2 unspecified atom stereocenters. The van der Waals surface area contributed by atoms with E-state index in [4.69, 9.17) is 0 Å². The van der Waals surface area contributed by atoms with Gasteiger partial charge in [0.2, 0.25) is 5.91 Å². The van der Waals surface area contributed by atoms with Gasteiger partial charge < -0.3 is 5.32 Å². The summed E-state index contributed by atoms with van der Waals surface area (Å²) in [6, 6.07) is 17.3. The van der Waals surface area contributed by atoms with E-state index in [0.29, 0.717) is 11.3 Å². The number of carbonyl (C=O) groups excluding carboxylic acids is 1. The molecule has 0 fully saturated rings. The van der Waals surface area contributed by atoms with Gasteiger partial charge in [0.25, 0.3) is 0 Å². The van der Waals surface area contributed by atoms with E-state index in [9.17, 15) is 26.7 Å². The second kappa shape index (κ2) is 12.2. The van der Waals surface area contributed by atoms with Gasteiger partial charge in [-0.25, -0.2) is 13.5 Å². The lowest BCUT2D eigenvalue weighted by Gasteiger charge is -2.18. The minimum atomic E-state index is -4.37. The molecule has 0 spiro atoms. The monoisotopic (exact) mass is 508 g/mol. The molecule has 3 nitrogen and oxygen atoms in total. The molecule has 2 N–H and O–H groups in total. The molecule has 0 bridgehead atoms. The summed E-state index contributed by atoms with van der Waals surface area (Å²) in [6.07, 6.45) is -5.17. The van der Waals surface area contributed by atoms with E-state index in [1.807, 2.05) is 24.3 Å². The predicted molar refractivity (Wildman–Crippen MR) is 127 cm³/mol. The number of alkyl halides is 4. The van der Waals surface area contributed by atoms with Crippen LogP contribution in [0.5, 0.6) is 0 Å². The van der Waals surface area contributed by atoms with Crippen molar-refractivity contribution in [1.29, 1.82) is 0 Å². The minimum Gasteiger partial charge on any atom is -0.351 e. The molecule has 0 aliphatic heterocycles. The third-order valence-corrected chi connectivity index (χ3v) is 6.07. The molecule has 3 aromatic carbocycles. The summed E-state index contributed by atoms with van der Waals surface area (Å²) in [5.41, 5.74) is 1.73. The van der Waals surface area contributed by atoms with Crippen LogP contribution in [0.15, 0.2) is 77.7 Å². The Morgan fingerprint density at radius 2 is 1.60 bits per heavy atom. The predicted octanol–water partition coefficient (Wildman–Crippen LogP) is 6.47. The van der Waals surface area contributed by atoms with Crippen LogP contribution in [0.2, 0.25) is 0 Å². The highest BCUT2D eigenvalue weighted by atomic mass is 32.2. The molecule has 186 valence electrons. The third-order valence-electron chi connectivity index (χ3n) is 5.16. The maximum absolute atomic E-state index is 13.7. The van der Waals surface area contributed by atoms with Crippen LogP contribution in [-0.2, 0) is 23.9 Å². The fourth-order valence-corrected chi connectivity index (χ4v) is 4.14. The number of benzene rings is 3. The highest BCUT2D eigenvalue weighted by molar-refractivity contribution is 7.97. The number of hydrogen-bond acceptors (Lipinski definition) is 3. The average molecular weight is 509 g/mol. The third kappa shape index (κ3) is 8.67. The molecule has 35 heavy (non-hydrogen) atoms. The average Bonchev–Trinajstić information content (AvgIpc) is 2.81. The quantitative estimate of drug-likeness (QED) is 0.244. The summed E-state index contributed by atoms with van der Waals surface area (Å²) in [5, 5.41) is 2.80. The maximum atomic E-state index is 13.7. The van der Waals surface area contributed by atoms with Crippen LogP contribution in [0.3, 0.4) is 0 Å². The first-order chi connectivity index (χ1) is 16.6. The van der Waals surface area contributed by atoms with E-state index < -0.39 is 24.0 Å². The smallest absolute Gasteiger partial charge is 0.351 e. The van der Waals surface area contributed by atoms with Crippen LogP contribution >= 0.6 is 11.9 Å². The second-order valence-corrected chi connectivity index (χ2v) is 9.06. The van der Waals surface area contributed by atoms with Crippen molar-refractivity contribution in [2.24, 2.45) is 0 Å². The van der Waals surface area contributed by atoms with Crippen LogP contribution < -0.4 is 10.0 Å². The van der Waals surface area contributed by atoms with Gasteiger partial charge in [-0.15, -0.1) is 0 Å². The Bertz CT molecular complexity index is 1100. The number of rotatable bonds is 10. The van der Waals surface area contributed by atoms with Crippen molar-refractivity contribution in [3.63, 3.8) is 0 Å². The van der Waals surface area contributed by atoms with E-state index in [2.05, 4.69) is 10.0 Å². The molecule has 0 aliphatic rings. The normalized spacial score (nSPS) is 13.3. The Morgan fingerprint density at radius 3 is 2.23 bits per heavy atom. The van der Waals surface area contributed by atoms with Crippen molar-refractivity contribution in [2.75, 3.05) is 0 Å². The Balaban J connectivity index is 1.58. The summed E-state index contributed by atoms with van der Waals surface area (Å²) in [6.45, 7) is 1.58.